The third-order valence-electron chi connectivity index (χ3n) is 1.86. The minimum absolute atomic E-state index is 0. The number of rotatable bonds is 4. The van der Waals surface area contributed by atoms with Crippen LogP contribution in [0.1, 0.15) is 12.0 Å². The van der Waals surface area contributed by atoms with Gasteiger partial charge >= 0.3 is 0 Å². The van der Waals surface area contributed by atoms with Gasteiger partial charge in [0.1, 0.15) is 6.23 Å². The Morgan fingerprint density at radius 2 is 1.92 bits per heavy atom. The zero-order chi connectivity index (χ0) is 8.81. The van der Waals surface area contributed by atoms with Gasteiger partial charge in [0.15, 0.2) is 0 Å². The maximum absolute atomic E-state index is 5.60. The van der Waals surface area contributed by atoms with Crippen molar-refractivity contribution >= 4 is 12.4 Å². The van der Waals surface area contributed by atoms with Gasteiger partial charge in [0.2, 0.25) is 0 Å². The Bertz CT molecular complexity index is 215. The molecule has 0 heterocycles. The van der Waals surface area contributed by atoms with Gasteiger partial charge in [-0.1, -0.05) is 30.3 Å². The Morgan fingerprint density at radius 1 is 1.31 bits per heavy atom. The molecule has 74 valence electrons. The Morgan fingerprint density at radius 3 is 2.46 bits per heavy atom. The molecule has 0 aliphatic rings. The zero-order valence-corrected chi connectivity index (χ0v) is 8.59. The van der Waals surface area contributed by atoms with Gasteiger partial charge in [-0.05, 0) is 18.4 Å². The summed E-state index contributed by atoms with van der Waals surface area (Å²) < 4.78 is 4.95. The van der Waals surface area contributed by atoms with Crippen molar-refractivity contribution in [1.82, 2.24) is 0 Å². The molecule has 1 aromatic carbocycles. The highest BCUT2D eigenvalue weighted by Crippen LogP contribution is 2.03. The molecule has 0 aromatic heterocycles. The summed E-state index contributed by atoms with van der Waals surface area (Å²) in [5.74, 6) is 0. The molecular weight excluding hydrogens is 186 g/mol. The second-order valence-electron chi connectivity index (χ2n) is 2.80. The molecule has 2 N–H and O–H groups in total. The third-order valence-corrected chi connectivity index (χ3v) is 1.86. The molecule has 0 aliphatic carbocycles. The fraction of sp³-hybridized carbons (Fsp3) is 0.400. The van der Waals surface area contributed by atoms with Crippen LogP contribution in [0.5, 0.6) is 0 Å². The fourth-order valence-electron chi connectivity index (χ4n) is 1.07. The van der Waals surface area contributed by atoms with E-state index in [2.05, 4.69) is 12.1 Å². The number of benzene rings is 1. The SMILES string of the molecule is CO[C@H](N)CCc1ccccc1.Cl. The van der Waals surface area contributed by atoms with Gasteiger partial charge < -0.3 is 10.5 Å². The van der Waals surface area contributed by atoms with E-state index in [1.165, 1.54) is 5.56 Å². The quantitative estimate of drug-likeness (QED) is 0.757. The Labute approximate surface area is 85.5 Å². The van der Waals surface area contributed by atoms with Crippen molar-refractivity contribution in [1.29, 1.82) is 0 Å². The van der Waals surface area contributed by atoms with Gasteiger partial charge in [0.05, 0.1) is 0 Å². The molecule has 0 fully saturated rings. The molecule has 1 aromatic rings. The topological polar surface area (TPSA) is 35.2 Å². The summed E-state index contributed by atoms with van der Waals surface area (Å²) in [6, 6.07) is 10.3. The van der Waals surface area contributed by atoms with Crippen LogP contribution < -0.4 is 5.73 Å². The highest BCUT2D eigenvalue weighted by Gasteiger charge is 1.99. The first-order chi connectivity index (χ1) is 5.83. The first kappa shape index (κ1) is 12.4. The average Bonchev–Trinajstić information content (AvgIpc) is 2.16. The van der Waals surface area contributed by atoms with E-state index in [0.29, 0.717) is 0 Å². The van der Waals surface area contributed by atoms with Crippen molar-refractivity contribution in [3.63, 3.8) is 0 Å². The fourth-order valence-corrected chi connectivity index (χ4v) is 1.07. The van der Waals surface area contributed by atoms with E-state index in [1.807, 2.05) is 18.2 Å². The summed E-state index contributed by atoms with van der Waals surface area (Å²) in [6.45, 7) is 0. The molecule has 1 atom stereocenters. The van der Waals surface area contributed by atoms with Crippen molar-refractivity contribution in [3.05, 3.63) is 35.9 Å². The number of ether oxygens (including phenoxy) is 1. The standard InChI is InChI=1S/C10H15NO.ClH/c1-12-10(11)8-7-9-5-3-2-4-6-9;/h2-6,10H,7-8,11H2,1H3;1H/t10-;/m0./s1. The summed E-state index contributed by atoms with van der Waals surface area (Å²) in [6.07, 6.45) is 1.72. The second-order valence-corrected chi connectivity index (χ2v) is 2.80. The zero-order valence-electron chi connectivity index (χ0n) is 7.77. The van der Waals surface area contributed by atoms with Crippen LogP contribution in [-0.2, 0) is 11.2 Å². The molecule has 0 unspecified atom stereocenters. The van der Waals surface area contributed by atoms with Crippen LogP contribution >= 0.6 is 12.4 Å². The molecule has 1 rings (SSSR count). The number of nitrogens with two attached hydrogens (primary N) is 1. The lowest BCUT2D eigenvalue weighted by Gasteiger charge is -2.08. The van der Waals surface area contributed by atoms with E-state index in [9.17, 15) is 0 Å². The van der Waals surface area contributed by atoms with Crippen molar-refractivity contribution < 1.29 is 4.74 Å². The summed E-state index contributed by atoms with van der Waals surface area (Å²) >= 11 is 0. The minimum atomic E-state index is -0.134. The minimum Gasteiger partial charge on any atom is -0.367 e. The maximum atomic E-state index is 5.60. The largest absolute Gasteiger partial charge is 0.367 e. The first-order valence-corrected chi connectivity index (χ1v) is 4.15. The number of halogens is 1. The highest BCUT2D eigenvalue weighted by atomic mass is 35.5. The lowest BCUT2D eigenvalue weighted by atomic mass is 10.1. The molecule has 0 spiro atoms. The van der Waals surface area contributed by atoms with Gasteiger partial charge in [-0.25, -0.2) is 0 Å². The predicted octanol–water partition coefficient (Wildman–Crippen LogP) is 1.97. The van der Waals surface area contributed by atoms with Crippen molar-refractivity contribution in [2.75, 3.05) is 7.11 Å². The summed E-state index contributed by atoms with van der Waals surface area (Å²) in [7, 11) is 1.63. The molecule has 0 aliphatic heterocycles. The van der Waals surface area contributed by atoms with E-state index < -0.39 is 0 Å². The monoisotopic (exact) mass is 201 g/mol. The number of methoxy groups -OCH3 is 1. The smallest absolute Gasteiger partial charge is 0.105 e. The Balaban J connectivity index is 0.00000144. The molecule has 0 amide bonds. The summed E-state index contributed by atoms with van der Waals surface area (Å²) in [4.78, 5) is 0. The van der Waals surface area contributed by atoms with Gasteiger partial charge in [-0.15, -0.1) is 12.4 Å². The van der Waals surface area contributed by atoms with Crippen LogP contribution in [-0.4, -0.2) is 13.3 Å². The molecule has 3 heteroatoms. The molecule has 2 nitrogen and oxygen atoms in total. The number of hydrogen-bond acceptors (Lipinski definition) is 2. The number of hydrogen-bond donors (Lipinski definition) is 1. The van der Waals surface area contributed by atoms with Gasteiger partial charge in [0.25, 0.3) is 0 Å². The van der Waals surface area contributed by atoms with E-state index in [-0.39, 0.29) is 18.6 Å². The second kappa shape index (κ2) is 6.89. The molecule has 0 saturated carbocycles. The van der Waals surface area contributed by atoms with E-state index in [1.54, 1.807) is 7.11 Å². The maximum Gasteiger partial charge on any atom is 0.105 e. The molecular formula is C10H16ClNO. The van der Waals surface area contributed by atoms with Gasteiger partial charge in [-0.3, -0.25) is 0 Å². The Hall–Kier alpha value is -0.570. The van der Waals surface area contributed by atoms with Crippen molar-refractivity contribution in [3.8, 4) is 0 Å². The van der Waals surface area contributed by atoms with Gasteiger partial charge in [-0.2, -0.15) is 0 Å². The number of aryl methyl sites for hydroxylation is 1. The normalized spacial score (nSPS) is 11.8. The van der Waals surface area contributed by atoms with Crippen molar-refractivity contribution in [2.45, 2.75) is 19.1 Å². The van der Waals surface area contributed by atoms with E-state index in [0.717, 1.165) is 12.8 Å². The lowest BCUT2D eigenvalue weighted by molar-refractivity contribution is 0.101. The predicted molar refractivity (Wildman–Crippen MR) is 57.0 cm³/mol. The van der Waals surface area contributed by atoms with Crippen LogP contribution in [0.4, 0.5) is 0 Å². The van der Waals surface area contributed by atoms with Crippen LogP contribution in [0, 0.1) is 0 Å². The summed E-state index contributed by atoms with van der Waals surface area (Å²) in [5, 5.41) is 0. The van der Waals surface area contributed by atoms with Crippen LogP contribution in [0.3, 0.4) is 0 Å². The van der Waals surface area contributed by atoms with Gasteiger partial charge in [0, 0.05) is 7.11 Å². The molecule has 13 heavy (non-hydrogen) atoms. The molecule has 0 bridgehead atoms. The van der Waals surface area contributed by atoms with E-state index in [4.69, 9.17) is 10.5 Å². The molecule has 0 saturated heterocycles. The molecule has 0 radical (unpaired) electrons. The van der Waals surface area contributed by atoms with E-state index >= 15 is 0 Å². The summed E-state index contributed by atoms with van der Waals surface area (Å²) in [5.41, 5.74) is 6.91. The van der Waals surface area contributed by atoms with Crippen molar-refractivity contribution in [2.24, 2.45) is 5.73 Å². The third kappa shape index (κ3) is 4.88. The average molecular weight is 202 g/mol. The van der Waals surface area contributed by atoms with Crippen LogP contribution in [0.25, 0.3) is 0 Å². The van der Waals surface area contributed by atoms with Crippen LogP contribution in [0.2, 0.25) is 0 Å². The highest BCUT2D eigenvalue weighted by molar-refractivity contribution is 5.85. The Kier molecular flexibility index (Phi) is 6.59. The lowest BCUT2D eigenvalue weighted by Crippen LogP contribution is -2.22. The van der Waals surface area contributed by atoms with Crippen LogP contribution in [0.15, 0.2) is 30.3 Å². The first-order valence-electron chi connectivity index (χ1n) is 4.15.